The summed E-state index contributed by atoms with van der Waals surface area (Å²) >= 11 is 0. The van der Waals surface area contributed by atoms with Crippen molar-refractivity contribution in [2.24, 2.45) is 11.5 Å². The van der Waals surface area contributed by atoms with Crippen LogP contribution in [0.1, 0.15) is 184 Å². The van der Waals surface area contributed by atoms with E-state index in [1.165, 1.54) is 4.68 Å². The van der Waals surface area contributed by atoms with Gasteiger partial charge in [0, 0.05) is 104 Å². The van der Waals surface area contributed by atoms with Crippen molar-refractivity contribution in [2.45, 2.75) is 192 Å². The summed E-state index contributed by atoms with van der Waals surface area (Å²) in [4.78, 5) is 86.3. The van der Waals surface area contributed by atoms with Crippen molar-refractivity contribution in [3.8, 4) is 12.3 Å². The van der Waals surface area contributed by atoms with E-state index in [-0.39, 0.29) is 49.6 Å². The molecule has 2 aliphatic heterocycles. The molecule has 5 heterocycles. The zero-order valence-corrected chi connectivity index (χ0v) is 53.9. The van der Waals surface area contributed by atoms with Gasteiger partial charge in [-0.25, -0.2) is 9.36 Å². The number of rotatable bonds is 52. The molecule has 0 aromatic carbocycles. The van der Waals surface area contributed by atoms with E-state index in [1.54, 1.807) is 10.9 Å². The monoisotopic (exact) mass is 1260 g/mol. The van der Waals surface area contributed by atoms with Gasteiger partial charge in [0.1, 0.15) is 19.2 Å². The van der Waals surface area contributed by atoms with Gasteiger partial charge in [-0.2, -0.15) is 15.0 Å². The van der Waals surface area contributed by atoms with Crippen LogP contribution in [0.15, 0.2) is 12.4 Å². The molecular formula is C63H108N18O9. The molecule has 0 aliphatic carbocycles. The Bertz CT molecular complexity index is 2500. The molecule has 0 bridgehead atoms. The van der Waals surface area contributed by atoms with Crippen molar-refractivity contribution in [2.75, 3.05) is 140 Å². The second kappa shape index (κ2) is 46.5. The third-order valence-corrected chi connectivity index (χ3v) is 16.1. The second-order valence-corrected chi connectivity index (χ2v) is 23.4. The van der Waals surface area contributed by atoms with Gasteiger partial charge in [0.05, 0.1) is 44.4 Å². The first-order chi connectivity index (χ1) is 44.1. The van der Waals surface area contributed by atoms with Gasteiger partial charge in [0.15, 0.2) is 0 Å². The van der Waals surface area contributed by atoms with E-state index in [2.05, 4.69) is 52.3 Å². The van der Waals surface area contributed by atoms with Crippen LogP contribution in [0.4, 0.5) is 17.8 Å². The van der Waals surface area contributed by atoms with Crippen molar-refractivity contribution in [1.82, 2.24) is 65.4 Å². The normalized spacial score (nSPS) is 13.8. The first-order valence-electron chi connectivity index (χ1n) is 33.7. The minimum Gasteiger partial charge on any atom is -0.481 e. The van der Waals surface area contributed by atoms with Crippen LogP contribution in [0.2, 0.25) is 0 Å². The standard InChI is InChI=1S/C63H108N18O9/c1-2-44-88-46-48-90-49-47-89-45-35-68-61-69-62(78-40-36-76(37-41-78)57(83)27-19-11-7-3-5-9-13-23-33-66-56(82)52-80-50-53(72-74-80)25-17-15-21-31-64)71-63(70-61)79-42-38-77(39-43-79)58(84)28-20-12-8-4-6-10-14-24-34-67-60(87)55(29-30-59(85)86)81-51-54(73-75-81)26-18-16-22-32-65/h1,50-51,55H,3-49,52,64-65H2,(H,66,82)(H,67,87)(H,85,86)(H,68,69,70,71)/t55-/m1/s1. The Labute approximate surface area is 534 Å². The van der Waals surface area contributed by atoms with Crippen molar-refractivity contribution < 1.29 is 43.3 Å². The third kappa shape index (κ3) is 31.4. The van der Waals surface area contributed by atoms with Crippen LogP contribution in [-0.4, -0.2) is 214 Å². The van der Waals surface area contributed by atoms with Crippen LogP contribution >= 0.6 is 0 Å². The van der Waals surface area contributed by atoms with Crippen LogP contribution in [-0.2, 0) is 57.6 Å². The third-order valence-electron chi connectivity index (χ3n) is 16.1. The van der Waals surface area contributed by atoms with Gasteiger partial charge in [0.25, 0.3) is 0 Å². The minimum absolute atomic E-state index is 0.0469. The fraction of sp³-hybridized carbons (Fsp3) is 0.778. The number of anilines is 3. The van der Waals surface area contributed by atoms with Gasteiger partial charge in [-0.3, -0.25) is 24.0 Å². The lowest BCUT2D eigenvalue weighted by Gasteiger charge is -2.36. The highest BCUT2D eigenvalue weighted by molar-refractivity contribution is 5.81. The number of carboxylic acid groups (broad SMARTS) is 1. The number of nitrogens with one attached hydrogen (secondary N) is 3. The van der Waals surface area contributed by atoms with Gasteiger partial charge in [0.2, 0.25) is 41.5 Å². The number of aromatic nitrogens is 9. The van der Waals surface area contributed by atoms with Crippen molar-refractivity contribution >= 4 is 47.4 Å². The van der Waals surface area contributed by atoms with Crippen molar-refractivity contribution in [1.29, 1.82) is 0 Å². The summed E-state index contributed by atoms with van der Waals surface area (Å²) in [6, 6.07) is -0.723. The molecule has 5 rings (SSSR count). The summed E-state index contributed by atoms with van der Waals surface area (Å²) in [5.74, 6) is 3.08. The van der Waals surface area contributed by atoms with E-state index in [4.69, 9.17) is 47.1 Å². The molecule has 3 aromatic heterocycles. The van der Waals surface area contributed by atoms with Gasteiger partial charge >= 0.3 is 5.97 Å². The molecule has 90 heavy (non-hydrogen) atoms. The molecule has 4 amide bonds. The number of nitrogens with zero attached hydrogens (tertiary/aromatic N) is 13. The number of hydrogen-bond donors (Lipinski definition) is 6. The van der Waals surface area contributed by atoms with E-state index in [9.17, 15) is 29.1 Å². The maximum atomic E-state index is 13.4. The van der Waals surface area contributed by atoms with Crippen LogP contribution in [0.5, 0.6) is 0 Å². The summed E-state index contributed by atoms with van der Waals surface area (Å²) in [6.07, 6.45) is 33.8. The topological polar surface area (TPSA) is 334 Å². The van der Waals surface area contributed by atoms with Gasteiger partial charge in [-0.1, -0.05) is 106 Å². The number of unbranched alkanes of at least 4 members (excludes halogenated alkanes) is 18. The second-order valence-electron chi connectivity index (χ2n) is 23.4. The first kappa shape index (κ1) is 74.1. The Balaban J connectivity index is 0.942. The molecule has 0 radical (unpaired) electrons. The average molecular weight is 1260 g/mol. The minimum atomic E-state index is -0.959. The van der Waals surface area contributed by atoms with Crippen molar-refractivity contribution in [3.05, 3.63) is 23.8 Å². The fourth-order valence-corrected chi connectivity index (χ4v) is 10.8. The molecule has 27 nitrogen and oxygen atoms in total. The molecule has 1 atom stereocenters. The number of carbonyl (C=O) groups excluding carboxylic acids is 4. The molecule has 2 saturated heterocycles. The summed E-state index contributed by atoms with van der Waals surface area (Å²) in [5.41, 5.74) is 12.9. The number of terminal acetylenes is 1. The first-order valence-corrected chi connectivity index (χ1v) is 33.7. The number of amides is 4. The van der Waals surface area contributed by atoms with E-state index in [0.29, 0.717) is 149 Å². The number of aliphatic carboxylic acids is 1. The number of carboxylic acids is 1. The Hall–Kier alpha value is -6.60. The van der Waals surface area contributed by atoms with E-state index < -0.39 is 12.0 Å². The molecule has 0 unspecified atom stereocenters. The number of hydrogen-bond acceptors (Lipinski definition) is 20. The largest absolute Gasteiger partial charge is 0.481 e. The zero-order valence-electron chi connectivity index (χ0n) is 53.9. The molecule has 0 spiro atoms. The molecular weight excluding hydrogens is 1150 g/mol. The molecule has 3 aromatic rings. The Kier molecular flexibility index (Phi) is 38.3. The van der Waals surface area contributed by atoms with Gasteiger partial charge < -0.3 is 66.3 Å². The lowest BCUT2D eigenvalue weighted by Crippen LogP contribution is -2.50. The number of carbonyl (C=O) groups is 5. The van der Waals surface area contributed by atoms with E-state index >= 15 is 0 Å². The number of piperazine rings is 2. The average Bonchev–Trinajstić information content (AvgIpc) is 2.36. The van der Waals surface area contributed by atoms with Crippen LogP contribution < -0.4 is 37.2 Å². The lowest BCUT2D eigenvalue weighted by molar-refractivity contribution is -0.137. The Morgan fingerprint density at radius 1 is 0.544 bits per heavy atom. The number of nitrogens with two attached hydrogens (primary N) is 2. The molecule has 0 saturated carbocycles. The summed E-state index contributed by atoms with van der Waals surface area (Å²) < 4.78 is 19.7. The highest BCUT2D eigenvalue weighted by Crippen LogP contribution is 2.22. The smallest absolute Gasteiger partial charge is 0.303 e. The molecule has 2 aliphatic rings. The molecule has 27 heteroatoms. The fourth-order valence-electron chi connectivity index (χ4n) is 10.8. The molecule has 8 N–H and O–H groups in total. The summed E-state index contributed by atoms with van der Waals surface area (Å²) in [7, 11) is 0. The van der Waals surface area contributed by atoms with E-state index in [0.717, 1.165) is 165 Å². The summed E-state index contributed by atoms with van der Waals surface area (Å²) in [5, 5.41) is 35.2. The van der Waals surface area contributed by atoms with Gasteiger partial charge in [-0.15, -0.1) is 16.6 Å². The maximum absolute atomic E-state index is 13.4. The lowest BCUT2D eigenvalue weighted by atomic mass is 10.1. The quantitative estimate of drug-likeness (QED) is 0.0325. The van der Waals surface area contributed by atoms with Crippen LogP contribution in [0.3, 0.4) is 0 Å². The Morgan fingerprint density at radius 3 is 1.56 bits per heavy atom. The number of ether oxygens (including phenoxy) is 3. The van der Waals surface area contributed by atoms with Gasteiger partial charge in [-0.05, 0) is 83.7 Å². The predicted molar refractivity (Wildman–Crippen MR) is 345 cm³/mol. The Morgan fingerprint density at radius 2 is 1.02 bits per heavy atom. The molecule has 2 fully saturated rings. The van der Waals surface area contributed by atoms with Crippen LogP contribution in [0, 0.1) is 12.3 Å². The predicted octanol–water partition coefficient (Wildman–Crippen LogP) is 4.85. The zero-order chi connectivity index (χ0) is 64.1. The maximum Gasteiger partial charge on any atom is 0.303 e. The highest BCUT2D eigenvalue weighted by Gasteiger charge is 2.28. The highest BCUT2D eigenvalue weighted by atomic mass is 16.5. The van der Waals surface area contributed by atoms with Crippen molar-refractivity contribution in [3.63, 3.8) is 0 Å². The summed E-state index contributed by atoms with van der Waals surface area (Å²) in [6.45, 7) is 10.3. The van der Waals surface area contributed by atoms with Crippen LogP contribution in [0.25, 0.3) is 0 Å². The molecule has 504 valence electrons. The van der Waals surface area contributed by atoms with E-state index in [1.807, 2.05) is 16.0 Å². The number of aryl methyl sites for hydroxylation is 2. The SMILES string of the molecule is C#CCOCCOCCOCCNc1nc(N2CCN(C(=O)CCCCCCCCCCNC(=O)Cn3cc(CCCCCN)nn3)CC2)nc(N2CCN(C(=O)CCCCCCCCCCNC(=O)[C@@H](CCC(=O)O)n3cc(CCCCCN)nn3)CC2)n1.